The zero-order valence-corrected chi connectivity index (χ0v) is 15.9. The Balaban J connectivity index is 3.34. The fourth-order valence-corrected chi connectivity index (χ4v) is 2.25. The first kappa shape index (κ1) is 23.9. The van der Waals surface area contributed by atoms with Gasteiger partial charge in [0.25, 0.3) is 0 Å². The van der Waals surface area contributed by atoms with Gasteiger partial charge in [-0.05, 0) is 26.7 Å². The number of hydrogen-bond acceptors (Lipinski definition) is 6. The molecule has 0 unspecified atom stereocenters. The van der Waals surface area contributed by atoms with Crippen LogP contribution in [0.1, 0.15) is 65.2 Å². The molecule has 0 spiro atoms. The fraction of sp³-hybridized carbons (Fsp3) is 0.778. The summed E-state index contributed by atoms with van der Waals surface area (Å²) in [5.41, 5.74) is 0. The molecule has 0 rings (SSSR count). The van der Waals surface area contributed by atoms with E-state index < -0.39 is 23.8 Å². The van der Waals surface area contributed by atoms with Crippen LogP contribution in [-0.4, -0.2) is 50.1 Å². The van der Waals surface area contributed by atoms with Crippen LogP contribution in [0.4, 0.5) is 0 Å². The number of amides is 2. The van der Waals surface area contributed by atoms with Gasteiger partial charge in [-0.2, -0.15) is 0 Å². The Bertz CT molecular complexity index is 399. The number of rotatable bonds is 13. The molecular weight excluding hydrogens is 340 g/mol. The van der Waals surface area contributed by atoms with E-state index >= 15 is 0 Å². The van der Waals surface area contributed by atoms with Gasteiger partial charge in [-0.15, -0.1) is 0 Å². The summed E-state index contributed by atoms with van der Waals surface area (Å²) in [6.07, 6.45) is 8.05. The standard InChI is InChI=1S/C18H32N2O6/c1-3-25-17(23)15(21)19-13-11-9-7-5-6-8-10-12-14-20-16(22)18(24)26-4-2/h3-14H2,1-2H3,(H,19,21)(H,20,22). The normalized spacial score (nSPS) is 10.1. The molecule has 0 bridgehead atoms. The van der Waals surface area contributed by atoms with Crippen LogP contribution in [0, 0.1) is 0 Å². The van der Waals surface area contributed by atoms with Crippen LogP contribution in [0.5, 0.6) is 0 Å². The monoisotopic (exact) mass is 372 g/mol. The molecule has 0 atom stereocenters. The molecule has 8 heteroatoms. The first-order chi connectivity index (χ1) is 12.5. The third-order valence-electron chi connectivity index (χ3n) is 3.60. The molecule has 2 amide bonds. The van der Waals surface area contributed by atoms with Crippen LogP contribution in [0.2, 0.25) is 0 Å². The molecular formula is C18H32N2O6. The Morgan fingerprint density at radius 1 is 0.577 bits per heavy atom. The van der Waals surface area contributed by atoms with Crippen molar-refractivity contribution in [3.8, 4) is 0 Å². The summed E-state index contributed by atoms with van der Waals surface area (Å²) < 4.78 is 9.19. The summed E-state index contributed by atoms with van der Waals surface area (Å²) in [4.78, 5) is 44.7. The average molecular weight is 372 g/mol. The number of esters is 2. The fourth-order valence-electron chi connectivity index (χ4n) is 2.25. The number of carbonyl (C=O) groups excluding carboxylic acids is 4. The second kappa shape index (κ2) is 16.4. The van der Waals surface area contributed by atoms with E-state index in [1.54, 1.807) is 13.8 Å². The van der Waals surface area contributed by atoms with Gasteiger partial charge in [0.2, 0.25) is 0 Å². The molecule has 0 radical (unpaired) electrons. The number of hydrogen-bond donors (Lipinski definition) is 2. The molecule has 0 aliphatic carbocycles. The van der Waals surface area contributed by atoms with Gasteiger partial charge in [0, 0.05) is 13.1 Å². The topological polar surface area (TPSA) is 111 Å². The maximum atomic E-state index is 11.3. The molecule has 0 aliphatic rings. The van der Waals surface area contributed by atoms with Crippen LogP contribution in [0.25, 0.3) is 0 Å². The Hall–Kier alpha value is -2.12. The number of ether oxygens (including phenoxy) is 2. The van der Waals surface area contributed by atoms with Crippen molar-refractivity contribution in [2.75, 3.05) is 26.3 Å². The molecule has 2 N–H and O–H groups in total. The first-order valence-corrected chi connectivity index (χ1v) is 9.42. The van der Waals surface area contributed by atoms with Gasteiger partial charge in [-0.3, -0.25) is 9.59 Å². The Kier molecular flexibility index (Phi) is 15.0. The number of unbranched alkanes of at least 4 members (excludes halogenated alkanes) is 7. The van der Waals surface area contributed by atoms with E-state index in [2.05, 4.69) is 20.1 Å². The van der Waals surface area contributed by atoms with Gasteiger partial charge >= 0.3 is 23.8 Å². The highest BCUT2D eigenvalue weighted by Gasteiger charge is 2.13. The minimum Gasteiger partial charge on any atom is -0.459 e. The largest absolute Gasteiger partial charge is 0.459 e. The lowest BCUT2D eigenvalue weighted by Crippen LogP contribution is -2.33. The van der Waals surface area contributed by atoms with Crippen molar-refractivity contribution >= 4 is 23.8 Å². The van der Waals surface area contributed by atoms with Gasteiger partial charge in [0.15, 0.2) is 0 Å². The van der Waals surface area contributed by atoms with E-state index in [9.17, 15) is 19.2 Å². The lowest BCUT2D eigenvalue weighted by molar-refractivity contribution is -0.154. The summed E-state index contributed by atoms with van der Waals surface area (Å²) >= 11 is 0. The van der Waals surface area contributed by atoms with Crippen molar-refractivity contribution in [1.82, 2.24) is 10.6 Å². The molecule has 0 aromatic carbocycles. The van der Waals surface area contributed by atoms with Gasteiger partial charge in [0.1, 0.15) is 0 Å². The second-order valence-corrected chi connectivity index (χ2v) is 5.78. The highest BCUT2D eigenvalue weighted by Crippen LogP contribution is 2.08. The van der Waals surface area contributed by atoms with Crippen LogP contribution >= 0.6 is 0 Å². The summed E-state index contributed by atoms with van der Waals surface area (Å²) in [6.45, 7) is 4.68. The van der Waals surface area contributed by atoms with E-state index in [0.717, 1.165) is 51.4 Å². The van der Waals surface area contributed by atoms with Gasteiger partial charge in [-0.25, -0.2) is 9.59 Å². The SMILES string of the molecule is CCOC(=O)C(=O)NCCCCCCCCCCNC(=O)C(=O)OCC. The first-order valence-electron chi connectivity index (χ1n) is 9.42. The van der Waals surface area contributed by atoms with Crippen molar-refractivity contribution in [2.24, 2.45) is 0 Å². The molecule has 0 aromatic rings. The quantitative estimate of drug-likeness (QED) is 0.288. The minimum absolute atomic E-state index is 0.198. The predicted molar refractivity (Wildman–Crippen MR) is 96.2 cm³/mol. The molecule has 0 heterocycles. The average Bonchev–Trinajstić information content (AvgIpc) is 2.62. The second-order valence-electron chi connectivity index (χ2n) is 5.78. The minimum atomic E-state index is -0.828. The zero-order valence-electron chi connectivity index (χ0n) is 15.9. The van der Waals surface area contributed by atoms with Crippen molar-refractivity contribution in [2.45, 2.75) is 65.2 Å². The van der Waals surface area contributed by atoms with E-state index in [1.165, 1.54) is 0 Å². The Morgan fingerprint density at radius 2 is 0.885 bits per heavy atom. The Labute approximate surface area is 155 Å². The van der Waals surface area contributed by atoms with Crippen LogP contribution in [-0.2, 0) is 28.7 Å². The van der Waals surface area contributed by atoms with Gasteiger partial charge in [-0.1, -0.05) is 38.5 Å². The van der Waals surface area contributed by atoms with Crippen molar-refractivity contribution in [1.29, 1.82) is 0 Å². The van der Waals surface area contributed by atoms with E-state index in [-0.39, 0.29) is 13.2 Å². The molecule has 8 nitrogen and oxygen atoms in total. The van der Waals surface area contributed by atoms with Crippen molar-refractivity contribution in [3.63, 3.8) is 0 Å². The molecule has 0 saturated heterocycles. The molecule has 0 fully saturated rings. The van der Waals surface area contributed by atoms with Gasteiger partial charge < -0.3 is 20.1 Å². The van der Waals surface area contributed by atoms with E-state index in [0.29, 0.717) is 13.1 Å². The summed E-state index contributed by atoms with van der Waals surface area (Å²) in [7, 11) is 0. The van der Waals surface area contributed by atoms with Gasteiger partial charge in [0.05, 0.1) is 13.2 Å². The Morgan fingerprint density at radius 3 is 1.19 bits per heavy atom. The van der Waals surface area contributed by atoms with Crippen molar-refractivity contribution in [3.05, 3.63) is 0 Å². The maximum absolute atomic E-state index is 11.3. The highest BCUT2D eigenvalue weighted by molar-refractivity contribution is 6.32. The lowest BCUT2D eigenvalue weighted by atomic mass is 10.1. The smallest absolute Gasteiger partial charge is 0.396 e. The molecule has 150 valence electrons. The lowest BCUT2D eigenvalue weighted by Gasteiger charge is -2.05. The summed E-state index contributed by atoms with van der Waals surface area (Å²) in [6, 6.07) is 0. The zero-order chi connectivity index (χ0) is 19.6. The molecule has 0 saturated carbocycles. The molecule has 26 heavy (non-hydrogen) atoms. The third-order valence-corrected chi connectivity index (χ3v) is 3.60. The number of nitrogens with one attached hydrogen (secondary N) is 2. The summed E-state index contributed by atoms with van der Waals surface area (Å²) in [5, 5.41) is 5.07. The van der Waals surface area contributed by atoms with E-state index in [1.807, 2.05) is 0 Å². The third kappa shape index (κ3) is 13.2. The van der Waals surface area contributed by atoms with E-state index in [4.69, 9.17) is 0 Å². The van der Waals surface area contributed by atoms with Crippen LogP contribution in [0.3, 0.4) is 0 Å². The molecule has 0 aliphatic heterocycles. The van der Waals surface area contributed by atoms with Crippen LogP contribution < -0.4 is 10.6 Å². The van der Waals surface area contributed by atoms with Crippen molar-refractivity contribution < 1.29 is 28.7 Å². The molecule has 0 aromatic heterocycles. The maximum Gasteiger partial charge on any atom is 0.396 e. The highest BCUT2D eigenvalue weighted by atomic mass is 16.5. The van der Waals surface area contributed by atoms with Crippen LogP contribution in [0.15, 0.2) is 0 Å². The number of carbonyl (C=O) groups is 4. The predicted octanol–water partition coefficient (Wildman–Crippen LogP) is 1.47. The summed E-state index contributed by atoms with van der Waals surface area (Å²) in [5.74, 6) is -3.01.